The Morgan fingerprint density at radius 3 is 2.93 bits per heavy atom. The molecule has 0 saturated carbocycles. The van der Waals surface area contributed by atoms with E-state index >= 15 is 0 Å². The summed E-state index contributed by atoms with van der Waals surface area (Å²) < 4.78 is 0. The molecule has 2 N–H and O–H groups in total. The lowest BCUT2D eigenvalue weighted by molar-refractivity contribution is -0.127. The van der Waals surface area contributed by atoms with Crippen molar-refractivity contribution in [2.24, 2.45) is 11.7 Å². The molecule has 0 aromatic heterocycles. The highest BCUT2D eigenvalue weighted by molar-refractivity contribution is 7.99. The molecule has 2 aliphatic rings. The van der Waals surface area contributed by atoms with Gasteiger partial charge in [-0.25, -0.2) is 0 Å². The molecular formula is C11H20N2OS. The van der Waals surface area contributed by atoms with Crippen molar-refractivity contribution in [2.45, 2.75) is 30.9 Å². The average Bonchev–Trinajstić information content (AvgIpc) is 2.61. The van der Waals surface area contributed by atoms with Crippen LogP contribution < -0.4 is 5.73 Å². The molecule has 2 fully saturated rings. The third-order valence-electron chi connectivity index (χ3n) is 3.33. The smallest absolute Gasteiger partial charge is 0.223 e. The summed E-state index contributed by atoms with van der Waals surface area (Å²) in [4.78, 5) is 13.7. The lowest BCUT2D eigenvalue weighted by Crippen LogP contribution is -2.33. The molecule has 0 bridgehead atoms. The number of hydrogen-bond donors (Lipinski definition) is 1. The van der Waals surface area contributed by atoms with E-state index in [0.29, 0.717) is 30.0 Å². The second-order valence-electron chi connectivity index (χ2n) is 4.59. The van der Waals surface area contributed by atoms with Gasteiger partial charge in [-0.3, -0.25) is 4.79 Å². The van der Waals surface area contributed by atoms with Gasteiger partial charge in [0.05, 0.1) is 0 Å². The number of thioether (sulfide) groups is 1. The molecule has 2 saturated heterocycles. The van der Waals surface area contributed by atoms with E-state index < -0.39 is 0 Å². The van der Waals surface area contributed by atoms with Crippen LogP contribution in [0.5, 0.6) is 0 Å². The van der Waals surface area contributed by atoms with E-state index in [2.05, 4.69) is 0 Å². The van der Waals surface area contributed by atoms with Crippen molar-refractivity contribution in [3.05, 3.63) is 0 Å². The highest BCUT2D eigenvalue weighted by Gasteiger charge is 2.30. The number of rotatable bonds is 3. The van der Waals surface area contributed by atoms with E-state index in [1.165, 1.54) is 25.0 Å². The Kier molecular flexibility index (Phi) is 3.92. The lowest BCUT2D eigenvalue weighted by atomic mass is 10.1. The molecule has 86 valence electrons. The van der Waals surface area contributed by atoms with E-state index in [-0.39, 0.29) is 0 Å². The number of nitrogens with zero attached hydrogens (tertiary/aromatic N) is 1. The summed E-state index contributed by atoms with van der Waals surface area (Å²) in [7, 11) is 0. The molecule has 0 aliphatic carbocycles. The van der Waals surface area contributed by atoms with Crippen molar-refractivity contribution in [3.63, 3.8) is 0 Å². The Morgan fingerprint density at radius 1 is 1.47 bits per heavy atom. The molecule has 2 unspecified atom stereocenters. The number of likely N-dealkylation sites (tertiary alicyclic amines) is 1. The highest BCUT2D eigenvalue weighted by atomic mass is 32.2. The van der Waals surface area contributed by atoms with Crippen LogP contribution in [0.2, 0.25) is 0 Å². The van der Waals surface area contributed by atoms with Gasteiger partial charge in [-0.05, 0) is 31.1 Å². The fourth-order valence-electron chi connectivity index (χ4n) is 2.39. The first kappa shape index (κ1) is 11.3. The number of carbonyl (C=O) groups excluding carboxylic acids is 1. The van der Waals surface area contributed by atoms with Crippen molar-refractivity contribution in [1.82, 2.24) is 4.90 Å². The van der Waals surface area contributed by atoms with Gasteiger partial charge in [-0.15, -0.1) is 0 Å². The Balaban J connectivity index is 1.81. The standard InChI is InChI=1S/C11H20N2OS/c12-6-9-5-11(14)13(7-9)8-10-3-1-2-4-15-10/h9-10H,1-8,12H2. The van der Waals surface area contributed by atoms with Crippen molar-refractivity contribution in [3.8, 4) is 0 Å². The monoisotopic (exact) mass is 228 g/mol. The SMILES string of the molecule is NCC1CC(=O)N(CC2CCCCS2)C1. The second-order valence-corrected chi connectivity index (χ2v) is 6.00. The molecule has 2 atom stereocenters. The maximum Gasteiger partial charge on any atom is 0.223 e. The molecule has 2 heterocycles. The van der Waals surface area contributed by atoms with Crippen LogP contribution >= 0.6 is 11.8 Å². The molecule has 1 amide bonds. The molecule has 4 heteroatoms. The minimum absolute atomic E-state index is 0.316. The van der Waals surface area contributed by atoms with Crippen LogP contribution in [0, 0.1) is 5.92 Å². The van der Waals surface area contributed by atoms with Gasteiger partial charge in [-0.1, -0.05) is 6.42 Å². The first-order chi connectivity index (χ1) is 7.29. The van der Waals surface area contributed by atoms with Crippen molar-refractivity contribution >= 4 is 17.7 Å². The Labute approximate surface area is 95.8 Å². The van der Waals surface area contributed by atoms with Crippen LogP contribution in [0.25, 0.3) is 0 Å². The van der Waals surface area contributed by atoms with Gasteiger partial charge in [0.25, 0.3) is 0 Å². The summed E-state index contributed by atoms with van der Waals surface area (Å²) >= 11 is 2.04. The van der Waals surface area contributed by atoms with Crippen LogP contribution in [0.4, 0.5) is 0 Å². The number of carbonyl (C=O) groups is 1. The summed E-state index contributed by atoms with van der Waals surface area (Å²) in [5.41, 5.74) is 5.61. The summed E-state index contributed by atoms with van der Waals surface area (Å²) in [6.07, 6.45) is 4.64. The van der Waals surface area contributed by atoms with Crippen LogP contribution in [0.3, 0.4) is 0 Å². The van der Waals surface area contributed by atoms with Gasteiger partial charge in [0, 0.05) is 24.8 Å². The highest BCUT2D eigenvalue weighted by Crippen LogP contribution is 2.27. The second kappa shape index (κ2) is 5.21. The maximum atomic E-state index is 11.7. The van der Waals surface area contributed by atoms with Crippen molar-refractivity contribution in [2.75, 3.05) is 25.4 Å². The van der Waals surface area contributed by atoms with E-state index in [0.717, 1.165) is 13.1 Å². The molecule has 3 nitrogen and oxygen atoms in total. The van der Waals surface area contributed by atoms with Crippen molar-refractivity contribution in [1.29, 1.82) is 0 Å². The summed E-state index contributed by atoms with van der Waals surface area (Å²) in [5.74, 6) is 2.00. The minimum Gasteiger partial charge on any atom is -0.341 e. The van der Waals surface area contributed by atoms with E-state index in [1.54, 1.807) is 0 Å². The number of hydrogen-bond acceptors (Lipinski definition) is 3. The zero-order valence-electron chi connectivity index (χ0n) is 9.15. The molecule has 0 aromatic carbocycles. The third-order valence-corrected chi connectivity index (χ3v) is 4.71. The van der Waals surface area contributed by atoms with E-state index in [4.69, 9.17) is 5.73 Å². The van der Waals surface area contributed by atoms with E-state index in [9.17, 15) is 4.79 Å². The van der Waals surface area contributed by atoms with Gasteiger partial charge >= 0.3 is 0 Å². The average molecular weight is 228 g/mol. The molecule has 2 aliphatic heterocycles. The van der Waals surface area contributed by atoms with Gasteiger partial charge in [0.15, 0.2) is 0 Å². The fourth-order valence-corrected chi connectivity index (χ4v) is 3.71. The molecule has 0 aromatic rings. The number of amides is 1. The first-order valence-electron chi connectivity index (χ1n) is 5.89. The lowest BCUT2D eigenvalue weighted by Gasteiger charge is -2.26. The van der Waals surface area contributed by atoms with Gasteiger partial charge in [-0.2, -0.15) is 11.8 Å². The molecule has 2 rings (SSSR count). The normalized spacial score (nSPS) is 32.3. The van der Waals surface area contributed by atoms with Gasteiger partial charge in [0.1, 0.15) is 0 Å². The zero-order chi connectivity index (χ0) is 10.7. The maximum absolute atomic E-state index is 11.7. The van der Waals surface area contributed by atoms with Crippen LogP contribution in [0.15, 0.2) is 0 Å². The number of nitrogens with two attached hydrogens (primary N) is 1. The summed E-state index contributed by atoms with van der Waals surface area (Å²) in [6.45, 7) is 2.51. The van der Waals surface area contributed by atoms with Crippen LogP contribution in [-0.4, -0.2) is 41.4 Å². The summed E-state index contributed by atoms with van der Waals surface area (Å²) in [6, 6.07) is 0. The predicted octanol–water partition coefficient (Wildman–Crippen LogP) is 1.08. The molecule has 15 heavy (non-hydrogen) atoms. The minimum atomic E-state index is 0.316. The van der Waals surface area contributed by atoms with Crippen LogP contribution in [-0.2, 0) is 4.79 Å². The van der Waals surface area contributed by atoms with E-state index in [1.807, 2.05) is 16.7 Å². The third kappa shape index (κ3) is 2.88. The quantitative estimate of drug-likeness (QED) is 0.786. The topological polar surface area (TPSA) is 46.3 Å². The van der Waals surface area contributed by atoms with Gasteiger partial charge < -0.3 is 10.6 Å². The molecule has 0 spiro atoms. The van der Waals surface area contributed by atoms with Crippen molar-refractivity contribution < 1.29 is 4.79 Å². The molecular weight excluding hydrogens is 208 g/mol. The first-order valence-corrected chi connectivity index (χ1v) is 6.94. The Hall–Kier alpha value is -0.220. The predicted molar refractivity (Wildman–Crippen MR) is 63.8 cm³/mol. The summed E-state index contributed by atoms with van der Waals surface area (Å²) in [5, 5.41) is 0.680. The van der Waals surface area contributed by atoms with Gasteiger partial charge in [0.2, 0.25) is 5.91 Å². The largest absolute Gasteiger partial charge is 0.341 e. The Bertz CT molecular complexity index is 229. The zero-order valence-corrected chi connectivity index (χ0v) is 9.97. The molecule has 0 radical (unpaired) electrons. The van der Waals surface area contributed by atoms with Crippen LogP contribution in [0.1, 0.15) is 25.7 Å². The fraction of sp³-hybridized carbons (Fsp3) is 0.909. The Morgan fingerprint density at radius 2 is 2.33 bits per heavy atom.